The molecule has 0 amide bonds. The third-order valence-electron chi connectivity index (χ3n) is 2.66. The van der Waals surface area contributed by atoms with Crippen molar-refractivity contribution in [2.24, 2.45) is 0 Å². The maximum Gasteiger partial charge on any atom is 0.196 e. The lowest BCUT2D eigenvalue weighted by atomic mass is 10.2. The van der Waals surface area contributed by atoms with Gasteiger partial charge in [0.15, 0.2) is 5.16 Å². The van der Waals surface area contributed by atoms with Gasteiger partial charge in [-0.25, -0.2) is 0 Å². The fourth-order valence-electron chi connectivity index (χ4n) is 1.69. The Balaban J connectivity index is 2.23. The number of hydrogen-bond donors (Lipinski definition) is 0. The van der Waals surface area contributed by atoms with Crippen molar-refractivity contribution in [3.63, 3.8) is 0 Å². The van der Waals surface area contributed by atoms with Crippen molar-refractivity contribution in [3.05, 3.63) is 35.7 Å². The number of nitrogens with zero attached hydrogens (tertiary/aromatic N) is 3. The normalized spacial score (nSPS) is 10.8. The largest absolute Gasteiger partial charge is 0.306 e. The summed E-state index contributed by atoms with van der Waals surface area (Å²) in [5.41, 5.74) is 1.28. The lowest BCUT2D eigenvalue weighted by Crippen LogP contribution is -2.01. The Kier molecular flexibility index (Phi) is 3.84. The van der Waals surface area contributed by atoms with E-state index in [-0.39, 0.29) is 0 Å². The molecule has 17 heavy (non-hydrogen) atoms. The number of hydrogen-bond acceptors (Lipinski definition) is 3. The van der Waals surface area contributed by atoms with Gasteiger partial charge >= 0.3 is 0 Å². The van der Waals surface area contributed by atoms with Crippen LogP contribution in [0, 0.1) is 6.92 Å². The molecule has 4 heteroatoms. The van der Waals surface area contributed by atoms with E-state index in [0.717, 1.165) is 23.9 Å². The van der Waals surface area contributed by atoms with Gasteiger partial charge in [0.25, 0.3) is 0 Å². The van der Waals surface area contributed by atoms with Gasteiger partial charge in [-0.1, -0.05) is 24.6 Å². The molecular weight excluding hydrogens is 230 g/mol. The fourth-order valence-corrected chi connectivity index (χ4v) is 2.59. The molecule has 0 radical (unpaired) electrons. The summed E-state index contributed by atoms with van der Waals surface area (Å²) in [6, 6.07) is 8.49. The average Bonchev–Trinajstić information content (AvgIpc) is 2.74. The van der Waals surface area contributed by atoms with Crippen LogP contribution in [0.25, 0.3) is 0 Å². The van der Waals surface area contributed by atoms with Crippen LogP contribution >= 0.6 is 11.8 Å². The molecule has 0 saturated carbocycles. The van der Waals surface area contributed by atoms with Crippen LogP contribution in [0.4, 0.5) is 0 Å². The van der Waals surface area contributed by atoms with Gasteiger partial charge in [-0.05, 0) is 37.7 Å². The van der Waals surface area contributed by atoms with Crippen molar-refractivity contribution in [2.45, 2.75) is 43.8 Å². The van der Waals surface area contributed by atoms with E-state index in [9.17, 15) is 0 Å². The van der Waals surface area contributed by atoms with E-state index >= 15 is 0 Å². The summed E-state index contributed by atoms with van der Waals surface area (Å²) in [5.74, 6) is 1.06. The minimum Gasteiger partial charge on any atom is -0.306 e. The quantitative estimate of drug-likeness (QED) is 0.830. The maximum atomic E-state index is 4.25. The SMILES string of the molecule is CCc1nnc(Sc2ccc(C)cc2)n1CC. The zero-order valence-electron chi connectivity index (χ0n) is 10.5. The van der Waals surface area contributed by atoms with Gasteiger partial charge in [-0.3, -0.25) is 0 Å². The molecule has 0 fully saturated rings. The van der Waals surface area contributed by atoms with Gasteiger partial charge in [0, 0.05) is 17.9 Å². The van der Waals surface area contributed by atoms with Crippen LogP contribution in [-0.4, -0.2) is 14.8 Å². The second kappa shape index (κ2) is 5.36. The molecule has 1 aromatic carbocycles. The second-order valence-corrected chi connectivity index (χ2v) is 4.95. The third-order valence-corrected chi connectivity index (χ3v) is 3.65. The van der Waals surface area contributed by atoms with Gasteiger partial charge < -0.3 is 4.57 Å². The molecule has 0 saturated heterocycles. The zero-order chi connectivity index (χ0) is 12.3. The molecule has 0 atom stereocenters. The molecule has 0 bridgehead atoms. The van der Waals surface area contributed by atoms with E-state index in [1.807, 2.05) is 0 Å². The molecule has 2 aromatic rings. The second-order valence-electron chi connectivity index (χ2n) is 3.91. The molecule has 2 rings (SSSR count). The Morgan fingerprint density at radius 2 is 1.82 bits per heavy atom. The van der Waals surface area contributed by atoms with Crippen molar-refractivity contribution < 1.29 is 0 Å². The lowest BCUT2D eigenvalue weighted by Gasteiger charge is -2.05. The summed E-state index contributed by atoms with van der Waals surface area (Å²) in [5, 5.41) is 9.44. The summed E-state index contributed by atoms with van der Waals surface area (Å²) in [6.07, 6.45) is 0.926. The summed E-state index contributed by atoms with van der Waals surface area (Å²) < 4.78 is 2.17. The smallest absolute Gasteiger partial charge is 0.196 e. The average molecular weight is 247 g/mol. The summed E-state index contributed by atoms with van der Waals surface area (Å²) in [6.45, 7) is 7.25. The first-order chi connectivity index (χ1) is 8.24. The number of rotatable bonds is 4. The van der Waals surface area contributed by atoms with Crippen LogP contribution in [0.15, 0.2) is 34.3 Å². The zero-order valence-corrected chi connectivity index (χ0v) is 11.3. The summed E-state index contributed by atoms with van der Waals surface area (Å²) in [7, 11) is 0. The molecule has 0 unspecified atom stereocenters. The van der Waals surface area contributed by atoms with E-state index in [1.54, 1.807) is 11.8 Å². The Bertz CT molecular complexity index is 488. The fraction of sp³-hybridized carbons (Fsp3) is 0.385. The van der Waals surface area contributed by atoms with E-state index in [4.69, 9.17) is 0 Å². The number of aryl methyl sites for hydroxylation is 2. The highest BCUT2D eigenvalue weighted by Gasteiger charge is 2.10. The molecule has 0 aliphatic heterocycles. The van der Waals surface area contributed by atoms with Crippen molar-refractivity contribution >= 4 is 11.8 Å². The van der Waals surface area contributed by atoms with E-state index in [0.29, 0.717) is 0 Å². The molecule has 1 aromatic heterocycles. The van der Waals surface area contributed by atoms with Crippen molar-refractivity contribution in [1.29, 1.82) is 0 Å². The monoisotopic (exact) mass is 247 g/mol. The molecular formula is C13H17N3S. The van der Waals surface area contributed by atoms with E-state index in [2.05, 4.69) is 59.8 Å². The minimum atomic E-state index is 0.921. The summed E-state index contributed by atoms with van der Waals surface area (Å²) in [4.78, 5) is 1.21. The Labute approximate surface area is 106 Å². The summed E-state index contributed by atoms with van der Waals surface area (Å²) >= 11 is 1.67. The number of benzene rings is 1. The standard InChI is InChI=1S/C13H17N3S/c1-4-12-14-15-13(16(12)5-2)17-11-8-6-10(3)7-9-11/h6-9H,4-5H2,1-3H3. The Morgan fingerprint density at radius 3 is 2.41 bits per heavy atom. The topological polar surface area (TPSA) is 30.7 Å². The first-order valence-electron chi connectivity index (χ1n) is 5.91. The molecule has 3 nitrogen and oxygen atoms in total. The highest BCUT2D eigenvalue weighted by molar-refractivity contribution is 7.99. The molecule has 0 N–H and O–H groups in total. The van der Waals surface area contributed by atoms with Crippen molar-refractivity contribution in [3.8, 4) is 0 Å². The molecule has 0 spiro atoms. The third kappa shape index (κ3) is 2.69. The lowest BCUT2D eigenvalue weighted by molar-refractivity contribution is 0.647. The number of aromatic nitrogens is 3. The van der Waals surface area contributed by atoms with Crippen LogP contribution in [0.2, 0.25) is 0 Å². The first kappa shape index (κ1) is 12.2. The van der Waals surface area contributed by atoms with Gasteiger partial charge in [0.05, 0.1) is 0 Å². The van der Waals surface area contributed by atoms with Gasteiger partial charge in [0.1, 0.15) is 5.82 Å². The maximum absolute atomic E-state index is 4.25. The van der Waals surface area contributed by atoms with Crippen LogP contribution in [0.3, 0.4) is 0 Å². The molecule has 0 aliphatic rings. The molecule has 1 heterocycles. The molecule has 90 valence electrons. The Morgan fingerprint density at radius 1 is 1.12 bits per heavy atom. The van der Waals surface area contributed by atoms with Crippen LogP contribution < -0.4 is 0 Å². The van der Waals surface area contributed by atoms with Crippen LogP contribution in [0.5, 0.6) is 0 Å². The van der Waals surface area contributed by atoms with Crippen molar-refractivity contribution in [1.82, 2.24) is 14.8 Å². The van der Waals surface area contributed by atoms with E-state index < -0.39 is 0 Å². The predicted molar refractivity (Wildman–Crippen MR) is 70.4 cm³/mol. The minimum absolute atomic E-state index is 0.921. The van der Waals surface area contributed by atoms with Crippen molar-refractivity contribution in [2.75, 3.05) is 0 Å². The van der Waals surface area contributed by atoms with Gasteiger partial charge in [-0.15, -0.1) is 10.2 Å². The highest BCUT2D eigenvalue weighted by atomic mass is 32.2. The van der Waals surface area contributed by atoms with Crippen LogP contribution in [-0.2, 0) is 13.0 Å². The predicted octanol–water partition coefficient (Wildman–Crippen LogP) is 3.32. The van der Waals surface area contributed by atoms with Crippen LogP contribution in [0.1, 0.15) is 25.2 Å². The first-order valence-corrected chi connectivity index (χ1v) is 6.72. The van der Waals surface area contributed by atoms with Gasteiger partial charge in [0.2, 0.25) is 0 Å². The Hall–Kier alpha value is -1.29. The van der Waals surface area contributed by atoms with Gasteiger partial charge in [-0.2, -0.15) is 0 Å². The highest BCUT2D eigenvalue weighted by Crippen LogP contribution is 2.26. The van der Waals surface area contributed by atoms with E-state index in [1.165, 1.54) is 10.5 Å². The molecule has 0 aliphatic carbocycles.